The Bertz CT molecular complexity index is 576. The van der Waals surface area contributed by atoms with Gasteiger partial charge in [0.05, 0.1) is 0 Å². The number of carbonyl (C=O) groups excluding carboxylic acids is 2. The number of halogens is 2. The van der Waals surface area contributed by atoms with E-state index >= 15 is 0 Å². The first kappa shape index (κ1) is 13.9. The highest BCUT2D eigenvalue weighted by Crippen LogP contribution is 2.44. The zero-order valence-electron chi connectivity index (χ0n) is 10.8. The Kier molecular flexibility index (Phi) is 3.51. The zero-order chi connectivity index (χ0) is 14.3. The molecule has 1 aliphatic carbocycles. The van der Waals surface area contributed by atoms with Gasteiger partial charge in [0, 0.05) is 10.0 Å². The van der Waals surface area contributed by atoms with E-state index in [4.69, 9.17) is 27.9 Å². The van der Waals surface area contributed by atoms with Crippen molar-refractivity contribution < 1.29 is 14.3 Å². The van der Waals surface area contributed by atoms with E-state index in [1.165, 1.54) is 0 Å². The van der Waals surface area contributed by atoms with Crippen molar-refractivity contribution >= 4 is 35.0 Å². The van der Waals surface area contributed by atoms with Gasteiger partial charge in [0.2, 0.25) is 0 Å². The fourth-order valence-corrected chi connectivity index (χ4v) is 3.66. The summed E-state index contributed by atoms with van der Waals surface area (Å²) in [6, 6.07) is 4.82. The Morgan fingerprint density at radius 1 is 1.10 bits per heavy atom. The van der Waals surface area contributed by atoms with Gasteiger partial charge in [0.1, 0.15) is 5.92 Å². The minimum absolute atomic E-state index is 0.147. The van der Waals surface area contributed by atoms with Crippen LogP contribution in [-0.4, -0.2) is 17.4 Å². The molecule has 20 heavy (non-hydrogen) atoms. The van der Waals surface area contributed by atoms with E-state index in [2.05, 4.69) is 0 Å². The summed E-state index contributed by atoms with van der Waals surface area (Å²) in [4.78, 5) is 24.9. The SMILES string of the molecule is O=C1OC2(CCCCC2)C(=O)C1c1ccc(Cl)cc1Cl. The third-order valence-corrected chi connectivity index (χ3v) is 4.74. The summed E-state index contributed by atoms with van der Waals surface area (Å²) in [5, 5.41) is 0.811. The van der Waals surface area contributed by atoms with Crippen LogP contribution in [0.2, 0.25) is 10.0 Å². The molecule has 1 unspecified atom stereocenters. The van der Waals surface area contributed by atoms with Gasteiger partial charge in [-0.1, -0.05) is 35.7 Å². The van der Waals surface area contributed by atoms with E-state index in [9.17, 15) is 9.59 Å². The lowest BCUT2D eigenvalue weighted by molar-refractivity contribution is -0.154. The quantitative estimate of drug-likeness (QED) is 0.583. The average molecular weight is 313 g/mol. The van der Waals surface area contributed by atoms with E-state index in [0.29, 0.717) is 28.5 Å². The number of benzene rings is 1. The first-order chi connectivity index (χ1) is 9.53. The molecule has 0 bridgehead atoms. The van der Waals surface area contributed by atoms with E-state index in [1.807, 2.05) is 0 Å². The largest absolute Gasteiger partial charge is 0.450 e. The molecule has 2 aliphatic rings. The Morgan fingerprint density at radius 3 is 2.45 bits per heavy atom. The third-order valence-electron chi connectivity index (χ3n) is 4.18. The van der Waals surface area contributed by atoms with Crippen LogP contribution in [0, 0.1) is 0 Å². The van der Waals surface area contributed by atoms with Crippen molar-refractivity contribution in [3.8, 4) is 0 Å². The van der Waals surface area contributed by atoms with E-state index < -0.39 is 17.5 Å². The van der Waals surface area contributed by atoms with Crippen molar-refractivity contribution in [2.24, 2.45) is 0 Å². The minimum Gasteiger partial charge on any atom is -0.450 e. The molecular formula is C15H14Cl2O3. The van der Waals surface area contributed by atoms with Gasteiger partial charge in [0.25, 0.3) is 0 Å². The number of ether oxygens (including phenoxy) is 1. The Balaban J connectivity index is 1.98. The maximum atomic E-state index is 12.7. The third kappa shape index (κ3) is 2.13. The summed E-state index contributed by atoms with van der Waals surface area (Å²) in [7, 11) is 0. The summed E-state index contributed by atoms with van der Waals surface area (Å²) in [5.74, 6) is -1.54. The molecule has 2 fully saturated rings. The van der Waals surface area contributed by atoms with Crippen molar-refractivity contribution in [3.05, 3.63) is 33.8 Å². The van der Waals surface area contributed by atoms with Gasteiger partial charge < -0.3 is 4.74 Å². The molecule has 3 nitrogen and oxygen atoms in total. The van der Waals surface area contributed by atoms with Crippen molar-refractivity contribution in [2.45, 2.75) is 43.6 Å². The van der Waals surface area contributed by atoms with Gasteiger partial charge in [-0.3, -0.25) is 9.59 Å². The van der Waals surface area contributed by atoms with Crippen molar-refractivity contribution in [3.63, 3.8) is 0 Å². The zero-order valence-corrected chi connectivity index (χ0v) is 12.3. The van der Waals surface area contributed by atoms with Crippen molar-refractivity contribution in [1.82, 2.24) is 0 Å². The topological polar surface area (TPSA) is 43.4 Å². The molecule has 3 rings (SSSR count). The number of rotatable bonds is 1. The molecule has 1 saturated carbocycles. The fraction of sp³-hybridized carbons (Fsp3) is 0.467. The minimum atomic E-state index is -0.914. The smallest absolute Gasteiger partial charge is 0.322 e. The summed E-state index contributed by atoms with van der Waals surface area (Å²) >= 11 is 12.0. The summed E-state index contributed by atoms with van der Waals surface area (Å²) in [5.41, 5.74) is -0.420. The molecular weight excluding hydrogens is 299 g/mol. The molecule has 0 radical (unpaired) electrons. The number of carbonyl (C=O) groups is 2. The van der Waals surface area contributed by atoms with Crippen LogP contribution in [-0.2, 0) is 14.3 Å². The highest BCUT2D eigenvalue weighted by molar-refractivity contribution is 6.35. The molecule has 5 heteroatoms. The molecule has 1 saturated heterocycles. The van der Waals surface area contributed by atoms with Gasteiger partial charge in [-0.2, -0.15) is 0 Å². The Hall–Kier alpha value is -1.06. The maximum Gasteiger partial charge on any atom is 0.322 e. The van der Waals surface area contributed by atoms with E-state index in [1.54, 1.807) is 18.2 Å². The maximum absolute atomic E-state index is 12.7. The monoisotopic (exact) mass is 312 g/mol. The molecule has 0 amide bonds. The highest BCUT2D eigenvalue weighted by atomic mass is 35.5. The molecule has 1 aromatic rings. The van der Waals surface area contributed by atoms with Gasteiger partial charge in [-0.25, -0.2) is 0 Å². The molecule has 1 heterocycles. The average Bonchev–Trinajstić information content (AvgIpc) is 2.63. The molecule has 1 aliphatic heterocycles. The predicted octanol–water partition coefficient (Wildman–Crippen LogP) is 3.91. The Labute approximate surface area is 127 Å². The first-order valence-corrected chi connectivity index (χ1v) is 7.51. The summed E-state index contributed by atoms with van der Waals surface area (Å²) < 4.78 is 5.47. The number of ketones is 1. The van der Waals surface area contributed by atoms with Crippen LogP contribution < -0.4 is 0 Å². The van der Waals surface area contributed by atoms with Crippen LogP contribution in [0.4, 0.5) is 0 Å². The number of hydrogen-bond acceptors (Lipinski definition) is 3. The van der Waals surface area contributed by atoms with E-state index in [0.717, 1.165) is 19.3 Å². The van der Waals surface area contributed by atoms with Gasteiger partial charge in [-0.05, 0) is 43.4 Å². The van der Waals surface area contributed by atoms with Crippen LogP contribution >= 0.6 is 23.2 Å². The molecule has 1 aromatic carbocycles. The van der Waals surface area contributed by atoms with Crippen LogP contribution in [0.5, 0.6) is 0 Å². The van der Waals surface area contributed by atoms with Gasteiger partial charge in [-0.15, -0.1) is 0 Å². The van der Waals surface area contributed by atoms with Crippen molar-refractivity contribution in [2.75, 3.05) is 0 Å². The van der Waals surface area contributed by atoms with E-state index in [-0.39, 0.29) is 5.78 Å². The fourth-order valence-electron chi connectivity index (χ4n) is 3.15. The normalized spacial score (nSPS) is 25.0. The lowest BCUT2D eigenvalue weighted by atomic mass is 9.78. The van der Waals surface area contributed by atoms with Crippen LogP contribution in [0.1, 0.15) is 43.6 Å². The van der Waals surface area contributed by atoms with Crippen LogP contribution in [0.3, 0.4) is 0 Å². The lowest BCUT2D eigenvalue weighted by Gasteiger charge is -2.29. The van der Waals surface area contributed by atoms with Crippen molar-refractivity contribution in [1.29, 1.82) is 0 Å². The summed E-state index contributed by atoms with van der Waals surface area (Å²) in [6.07, 6.45) is 4.16. The standard InChI is InChI=1S/C15H14Cl2O3/c16-9-4-5-10(11(17)8-9)12-13(18)15(20-14(12)19)6-2-1-3-7-15/h4-5,8,12H,1-3,6-7H2. The molecule has 1 atom stereocenters. The second-order valence-corrected chi connectivity index (χ2v) is 6.28. The predicted molar refractivity (Wildman–Crippen MR) is 76.1 cm³/mol. The molecule has 0 aromatic heterocycles. The summed E-state index contributed by atoms with van der Waals surface area (Å²) in [6.45, 7) is 0. The number of esters is 1. The molecule has 106 valence electrons. The number of Topliss-reactive ketones (excluding diaryl/α,β-unsaturated/α-hetero) is 1. The second-order valence-electron chi connectivity index (χ2n) is 5.44. The van der Waals surface area contributed by atoms with Crippen LogP contribution in [0.15, 0.2) is 18.2 Å². The molecule has 0 N–H and O–H groups in total. The number of hydrogen-bond donors (Lipinski definition) is 0. The van der Waals surface area contributed by atoms with Gasteiger partial charge in [0.15, 0.2) is 11.4 Å². The lowest BCUT2D eigenvalue weighted by Crippen LogP contribution is -2.39. The Morgan fingerprint density at radius 2 is 1.80 bits per heavy atom. The second kappa shape index (κ2) is 5.05. The first-order valence-electron chi connectivity index (χ1n) is 6.76. The highest BCUT2D eigenvalue weighted by Gasteiger charge is 2.55. The van der Waals surface area contributed by atoms with Gasteiger partial charge >= 0.3 is 5.97 Å². The molecule has 1 spiro atoms. The van der Waals surface area contributed by atoms with Crippen LogP contribution in [0.25, 0.3) is 0 Å².